The second-order valence-corrected chi connectivity index (χ2v) is 4.30. The van der Waals surface area contributed by atoms with Gasteiger partial charge in [-0.25, -0.2) is 13.5 Å². The van der Waals surface area contributed by atoms with Crippen molar-refractivity contribution < 1.29 is 8.96 Å². The van der Waals surface area contributed by atoms with Crippen molar-refractivity contribution in [3.05, 3.63) is 53.9 Å². The van der Waals surface area contributed by atoms with E-state index < -0.39 is 0 Å². The van der Waals surface area contributed by atoms with Crippen LogP contribution in [0.15, 0.2) is 36.7 Å². The van der Waals surface area contributed by atoms with Gasteiger partial charge in [0.1, 0.15) is 24.8 Å². The number of rotatable bonds is 4. The van der Waals surface area contributed by atoms with Crippen molar-refractivity contribution >= 4 is 17.0 Å². The summed E-state index contributed by atoms with van der Waals surface area (Å²) in [6, 6.07) is 6.77. The van der Waals surface area contributed by atoms with E-state index in [1.165, 1.54) is 11.9 Å². The molecular weight excluding hydrogens is 295 g/mol. The van der Waals surface area contributed by atoms with Gasteiger partial charge in [-0.1, -0.05) is 19.1 Å². The maximum Gasteiger partial charge on any atom is 0.253 e. The second-order valence-electron chi connectivity index (χ2n) is 4.30. The second kappa shape index (κ2) is 6.69. The molecule has 0 unspecified atom stereocenters. The van der Waals surface area contributed by atoms with Gasteiger partial charge in [0.05, 0.1) is 6.54 Å². The van der Waals surface area contributed by atoms with Crippen LogP contribution in [0.4, 0.5) is 4.39 Å². The quantitative estimate of drug-likeness (QED) is 0.766. The molecule has 1 aromatic carbocycles. The summed E-state index contributed by atoms with van der Waals surface area (Å²) in [7, 11) is 0. The largest absolute Gasteiger partial charge is 0.253 e. The van der Waals surface area contributed by atoms with Crippen LogP contribution in [0.1, 0.15) is 24.7 Å². The summed E-state index contributed by atoms with van der Waals surface area (Å²) in [5.74, 6) is 1.03. The van der Waals surface area contributed by atoms with E-state index in [0.29, 0.717) is 0 Å². The average molecular weight is 314 g/mol. The molecule has 0 aliphatic rings. The summed E-state index contributed by atoms with van der Waals surface area (Å²) < 4.78 is 17.4. The molecule has 0 radical (unpaired) electrons. The van der Waals surface area contributed by atoms with Crippen LogP contribution in [-0.2, 0) is 13.1 Å². The van der Waals surface area contributed by atoms with Crippen molar-refractivity contribution in [2.75, 3.05) is 0 Å². The van der Waals surface area contributed by atoms with Gasteiger partial charge in [0.25, 0.3) is 5.82 Å². The highest BCUT2D eigenvalue weighted by atomic mass is 79.9. The first-order valence-electron chi connectivity index (χ1n) is 6.00. The van der Waals surface area contributed by atoms with Crippen LogP contribution in [0.2, 0.25) is 0 Å². The fourth-order valence-corrected chi connectivity index (χ4v) is 2.02. The number of hydrogen-bond donors (Lipinski definition) is 0. The Labute approximate surface area is 118 Å². The van der Waals surface area contributed by atoms with Crippen molar-refractivity contribution in [2.45, 2.75) is 33.4 Å². The monoisotopic (exact) mass is 313 g/mol. The van der Waals surface area contributed by atoms with Crippen molar-refractivity contribution in [3.63, 3.8) is 0 Å². The van der Waals surface area contributed by atoms with Crippen LogP contribution in [-0.4, -0.2) is 4.57 Å². The van der Waals surface area contributed by atoms with E-state index in [1.54, 1.807) is 12.1 Å². The Morgan fingerprint density at radius 3 is 2.78 bits per heavy atom. The van der Waals surface area contributed by atoms with Crippen molar-refractivity contribution in [1.82, 2.24) is 4.57 Å². The SMILES string of the molecule is Br.CCCn1cc[n+](Cc2cccc(F)c2)c1C. The highest BCUT2D eigenvalue weighted by Gasteiger charge is 2.11. The fraction of sp³-hybridized carbons (Fsp3) is 0.357. The van der Waals surface area contributed by atoms with E-state index in [-0.39, 0.29) is 22.8 Å². The number of nitrogens with zero attached hydrogens (tertiary/aromatic N) is 2. The van der Waals surface area contributed by atoms with Gasteiger partial charge >= 0.3 is 0 Å². The molecule has 0 N–H and O–H groups in total. The van der Waals surface area contributed by atoms with Crippen LogP contribution in [0, 0.1) is 12.7 Å². The third-order valence-corrected chi connectivity index (χ3v) is 2.96. The number of aromatic nitrogens is 2. The number of imidazole rings is 1. The lowest BCUT2D eigenvalue weighted by molar-refractivity contribution is -0.694. The molecule has 0 saturated carbocycles. The number of aryl methyl sites for hydroxylation is 1. The Morgan fingerprint density at radius 1 is 1.33 bits per heavy atom. The molecule has 1 heterocycles. The van der Waals surface area contributed by atoms with E-state index >= 15 is 0 Å². The Balaban J connectivity index is 0.00000162. The third-order valence-electron chi connectivity index (χ3n) is 2.96. The zero-order chi connectivity index (χ0) is 12.3. The first-order valence-corrected chi connectivity index (χ1v) is 6.00. The lowest BCUT2D eigenvalue weighted by Gasteiger charge is -2.01. The average Bonchev–Trinajstić information content (AvgIpc) is 2.62. The molecule has 2 rings (SSSR count). The molecule has 98 valence electrons. The lowest BCUT2D eigenvalue weighted by Crippen LogP contribution is -2.36. The molecule has 0 amide bonds. The topological polar surface area (TPSA) is 8.81 Å². The minimum Gasteiger partial charge on any atom is -0.234 e. The Morgan fingerprint density at radius 2 is 2.11 bits per heavy atom. The van der Waals surface area contributed by atoms with Gasteiger partial charge < -0.3 is 0 Å². The lowest BCUT2D eigenvalue weighted by atomic mass is 10.2. The van der Waals surface area contributed by atoms with Crippen LogP contribution in [0.3, 0.4) is 0 Å². The molecule has 0 spiro atoms. The molecule has 0 saturated heterocycles. The Hall–Kier alpha value is -1.16. The van der Waals surface area contributed by atoms with E-state index in [4.69, 9.17) is 0 Å². The first kappa shape index (κ1) is 14.9. The van der Waals surface area contributed by atoms with Crippen LogP contribution in [0.5, 0.6) is 0 Å². The van der Waals surface area contributed by atoms with Gasteiger partial charge in [-0.2, -0.15) is 0 Å². The molecule has 18 heavy (non-hydrogen) atoms. The summed E-state index contributed by atoms with van der Waals surface area (Å²) in [5.41, 5.74) is 0.993. The molecule has 2 aromatic rings. The molecule has 1 aromatic heterocycles. The summed E-state index contributed by atoms with van der Waals surface area (Å²) in [6.07, 6.45) is 5.25. The molecule has 0 aliphatic heterocycles. The Bertz CT molecular complexity index is 508. The molecule has 0 fully saturated rings. The zero-order valence-electron chi connectivity index (χ0n) is 10.8. The van der Waals surface area contributed by atoms with E-state index in [1.807, 2.05) is 6.07 Å². The van der Waals surface area contributed by atoms with Gasteiger partial charge in [0.15, 0.2) is 0 Å². The summed E-state index contributed by atoms with van der Waals surface area (Å²) in [5, 5.41) is 0. The molecule has 0 aliphatic carbocycles. The summed E-state index contributed by atoms with van der Waals surface area (Å²) >= 11 is 0. The highest BCUT2D eigenvalue weighted by Crippen LogP contribution is 2.04. The van der Waals surface area contributed by atoms with Gasteiger partial charge in [-0.3, -0.25) is 0 Å². The normalized spacial score (nSPS) is 10.2. The Kier molecular flexibility index (Phi) is 5.54. The van der Waals surface area contributed by atoms with Gasteiger partial charge in [-0.05, 0) is 24.1 Å². The molecule has 0 bridgehead atoms. The fourth-order valence-electron chi connectivity index (χ4n) is 2.02. The van der Waals surface area contributed by atoms with E-state index in [0.717, 1.165) is 25.1 Å². The maximum atomic E-state index is 13.1. The van der Waals surface area contributed by atoms with Gasteiger partial charge in [0.2, 0.25) is 0 Å². The van der Waals surface area contributed by atoms with Crippen molar-refractivity contribution in [2.24, 2.45) is 0 Å². The molecular formula is C14H19BrFN2+. The van der Waals surface area contributed by atoms with E-state index in [2.05, 4.69) is 35.4 Å². The maximum absolute atomic E-state index is 13.1. The smallest absolute Gasteiger partial charge is 0.234 e. The minimum absolute atomic E-state index is 0. The number of halogens is 2. The van der Waals surface area contributed by atoms with E-state index in [9.17, 15) is 4.39 Å². The van der Waals surface area contributed by atoms with Crippen LogP contribution >= 0.6 is 17.0 Å². The van der Waals surface area contributed by atoms with Crippen LogP contribution in [0.25, 0.3) is 0 Å². The van der Waals surface area contributed by atoms with Crippen molar-refractivity contribution in [3.8, 4) is 0 Å². The number of benzene rings is 1. The molecule has 2 nitrogen and oxygen atoms in total. The molecule has 4 heteroatoms. The zero-order valence-corrected chi connectivity index (χ0v) is 12.5. The third kappa shape index (κ3) is 3.42. The number of hydrogen-bond acceptors (Lipinski definition) is 0. The van der Waals surface area contributed by atoms with Gasteiger partial charge in [0, 0.05) is 6.92 Å². The highest BCUT2D eigenvalue weighted by molar-refractivity contribution is 8.93. The van der Waals surface area contributed by atoms with Gasteiger partial charge in [-0.15, -0.1) is 17.0 Å². The standard InChI is InChI=1S/C14H18FN2.BrH/c1-3-7-16-8-9-17(12(16)2)11-13-5-4-6-14(15)10-13;/h4-6,8-10H,3,7,11H2,1-2H3;1H/q+1;. The minimum atomic E-state index is -0.172. The molecule has 0 atom stereocenters. The van der Waals surface area contributed by atoms with Crippen LogP contribution < -0.4 is 4.57 Å². The predicted octanol–water partition coefficient (Wildman–Crippen LogP) is 3.26. The van der Waals surface area contributed by atoms with Crippen molar-refractivity contribution in [1.29, 1.82) is 0 Å². The summed E-state index contributed by atoms with van der Waals surface area (Å²) in [4.78, 5) is 0. The predicted molar refractivity (Wildman–Crippen MR) is 75.5 cm³/mol. The summed E-state index contributed by atoms with van der Waals surface area (Å²) in [6.45, 7) is 6.01. The first-order chi connectivity index (χ1) is 8.20.